The Balaban J connectivity index is 1.51. The van der Waals surface area contributed by atoms with Crippen molar-refractivity contribution in [2.75, 3.05) is 43.9 Å². The van der Waals surface area contributed by atoms with Crippen molar-refractivity contribution in [3.05, 3.63) is 35.1 Å². The number of hydrogen-bond acceptors (Lipinski definition) is 9. The van der Waals surface area contributed by atoms with Crippen LogP contribution in [-0.4, -0.2) is 71.4 Å². The summed E-state index contributed by atoms with van der Waals surface area (Å²) in [4.78, 5) is 17.3. The summed E-state index contributed by atoms with van der Waals surface area (Å²) in [5, 5.41) is 0.904. The molecule has 0 saturated carbocycles. The average molecular weight is 546 g/mol. The highest BCUT2D eigenvalue weighted by molar-refractivity contribution is 7.22. The minimum Gasteiger partial charge on any atom is -0.462 e. The Morgan fingerprint density at radius 1 is 1.22 bits per heavy atom. The number of hydrogen-bond donors (Lipinski definition) is 2. The summed E-state index contributed by atoms with van der Waals surface area (Å²) in [7, 11) is 2.04. The predicted octanol–water partition coefficient (Wildman–Crippen LogP) is 4.24. The summed E-state index contributed by atoms with van der Waals surface area (Å²) in [6.45, 7) is 1.63. The predicted molar refractivity (Wildman–Crippen MR) is 144 cm³/mol. The molecule has 0 amide bonds. The van der Waals surface area contributed by atoms with Crippen LogP contribution in [0.4, 0.5) is 19.7 Å². The Morgan fingerprint density at radius 3 is 2.78 bits per heavy atom. The molecule has 2 fully saturated rings. The molecule has 4 aromatic rings. The van der Waals surface area contributed by atoms with Gasteiger partial charge >= 0.3 is 6.01 Å². The van der Waals surface area contributed by atoms with Crippen molar-refractivity contribution in [3.63, 3.8) is 0 Å². The zero-order valence-corrected chi connectivity index (χ0v) is 21.7. The Kier molecular flexibility index (Phi) is 6.26. The highest BCUT2D eigenvalue weighted by atomic mass is 35.5. The third-order valence-corrected chi connectivity index (χ3v) is 8.36. The van der Waals surface area contributed by atoms with E-state index in [1.54, 1.807) is 23.1 Å². The first-order valence-electron chi connectivity index (χ1n) is 12.1. The molecule has 2 aromatic heterocycles. The third kappa shape index (κ3) is 4.33. The first-order chi connectivity index (χ1) is 17.8. The first-order valence-corrected chi connectivity index (χ1v) is 13.3. The van der Waals surface area contributed by atoms with Gasteiger partial charge in [0.05, 0.1) is 27.8 Å². The van der Waals surface area contributed by atoms with E-state index in [4.69, 9.17) is 27.8 Å². The third-order valence-electron chi connectivity index (χ3n) is 7.21. The molecule has 12 heteroatoms. The number of para-hydroxylation sites is 1. The number of alkyl halides is 1. The number of likely N-dealkylation sites (N-methyl/N-ethyl adjacent to an activating group) is 1. The van der Waals surface area contributed by atoms with Crippen LogP contribution in [0.2, 0.25) is 5.02 Å². The minimum atomic E-state index is -1.23. The van der Waals surface area contributed by atoms with Crippen LogP contribution in [0.3, 0.4) is 0 Å². The Bertz CT molecular complexity index is 1490. The fraction of sp³-hybridized carbons (Fsp3) is 0.400. The van der Waals surface area contributed by atoms with E-state index in [1.807, 2.05) is 13.1 Å². The largest absolute Gasteiger partial charge is 0.462 e. The van der Waals surface area contributed by atoms with Gasteiger partial charge in [0, 0.05) is 29.1 Å². The number of benzene rings is 2. The van der Waals surface area contributed by atoms with Gasteiger partial charge in [-0.3, -0.25) is 0 Å². The Hall–Kier alpha value is -2.86. The molecule has 37 heavy (non-hydrogen) atoms. The summed E-state index contributed by atoms with van der Waals surface area (Å²) < 4.78 is 37.5. The van der Waals surface area contributed by atoms with Gasteiger partial charge in [0.1, 0.15) is 24.1 Å². The van der Waals surface area contributed by atoms with E-state index in [0.29, 0.717) is 34.0 Å². The van der Waals surface area contributed by atoms with Gasteiger partial charge in [-0.15, -0.1) is 0 Å². The number of aromatic nitrogens is 3. The number of anilines is 2. The van der Waals surface area contributed by atoms with E-state index in [1.165, 1.54) is 11.3 Å². The van der Waals surface area contributed by atoms with Gasteiger partial charge in [-0.25, -0.2) is 13.8 Å². The monoisotopic (exact) mass is 545 g/mol. The van der Waals surface area contributed by atoms with Crippen molar-refractivity contribution >= 4 is 55.0 Å². The molecule has 0 bridgehead atoms. The number of ether oxygens (including phenoxy) is 1. The summed E-state index contributed by atoms with van der Waals surface area (Å²) in [5.41, 5.74) is 13.1. The van der Waals surface area contributed by atoms with Gasteiger partial charge in [-0.2, -0.15) is 9.97 Å². The van der Waals surface area contributed by atoms with E-state index in [0.717, 1.165) is 24.1 Å². The van der Waals surface area contributed by atoms with Crippen LogP contribution in [0.5, 0.6) is 6.01 Å². The van der Waals surface area contributed by atoms with Crippen molar-refractivity contribution < 1.29 is 13.5 Å². The zero-order chi connectivity index (χ0) is 25.8. The number of thiazole rings is 1. The number of nitrogens with zero attached hydrogens (tertiary/aromatic N) is 5. The number of rotatable bonds is 5. The van der Waals surface area contributed by atoms with Gasteiger partial charge < -0.3 is 26.0 Å². The number of fused-ring (bicyclic) bond motifs is 2. The van der Waals surface area contributed by atoms with Crippen molar-refractivity contribution in [1.29, 1.82) is 0 Å². The summed E-state index contributed by atoms with van der Waals surface area (Å²) in [5.74, 6) is -0.285. The molecule has 2 aliphatic heterocycles. The molecule has 8 nitrogen and oxygen atoms in total. The molecule has 0 aliphatic carbocycles. The van der Waals surface area contributed by atoms with E-state index >= 15 is 4.39 Å². The molecule has 4 N–H and O–H groups in total. The lowest BCUT2D eigenvalue weighted by atomic mass is 10.0. The second kappa shape index (κ2) is 9.46. The van der Waals surface area contributed by atoms with Gasteiger partial charge in [-0.05, 0) is 38.6 Å². The van der Waals surface area contributed by atoms with Crippen LogP contribution in [0.15, 0.2) is 24.3 Å². The normalized spacial score (nSPS) is 22.5. The van der Waals surface area contributed by atoms with E-state index in [2.05, 4.69) is 19.9 Å². The van der Waals surface area contributed by atoms with Crippen LogP contribution < -0.4 is 21.1 Å². The van der Waals surface area contributed by atoms with Crippen LogP contribution in [0, 0.1) is 5.82 Å². The molecule has 3 atom stereocenters. The average Bonchev–Trinajstić information content (AvgIpc) is 3.55. The zero-order valence-electron chi connectivity index (χ0n) is 20.1. The molecule has 6 rings (SSSR count). The number of nitrogens with two attached hydrogens (primary N) is 2. The van der Waals surface area contributed by atoms with Crippen LogP contribution in [0.1, 0.15) is 12.8 Å². The Morgan fingerprint density at radius 2 is 2.05 bits per heavy atom. The summed E-state index contributed by atoms with van der Waals surface area (Å²) in [6.07, 6.45) is 0.853. The second-order valence-corrected chi connectivity index (χ2v) is 11.1. The molecule has 0 unspecified atom stereocenters. The molecule has 2 aliphatic rings. The van der Waals surface area contributed by atoms with Gasteiger partial charge in [0.15, 0.2) is 10.9 Å². The van der Waals surface area contributed by atoms with Gasteiger partial charge in [-0.1, -0.05) is 35.1 Å². The van der Waals surface area contributed by atoms with Crippen LogP contribution in [0.25, 0.3) is 32.2 Å². The minimum absolute atomic E-state index is 0.0296. The van der Waals surface area contributed by atoms with Crippen molar-refractivity contribution in [2.45, 2.75) is 31.1 Å². The molecular formula is C25H26ClF2N7OS. The summed E-state index contributed by atoms with van der Waals surface area (Å²) in [6, 6.07) is 6.62. The van der Waals surface area contributed by atoms with Crippen LogP contribution >= 0.6 is 22.9 Å². The quantitative estimate of drug-likeness (QED) is 0.383. The first kappa shape index (κ1) is 24.5. The van der Waals surface area contributed by atoms with Crippen LogP contribution in [-0.2, 0) is 0 Å². The number of halogens is 3. The van der Waals surface area contributed by atoms with Crippen molar-refractivity contribution in [2.24, 2.45) is 5.73 Å². The lowest BCUT2D eigenvalue weighted by molar-refractivity contribution is 0.188. The molecule has 2 saturated heterocycles. The smallest absolute Gasteiger partial charge is 0.319 e. The lowest BCUT2D eigenvalue weighted by Crippen LogP contribution is -2.31. The fourth-order valence-corrected chi connectivity index (χ4v) is 6.26. The van der Waals surface area contributed by atoms with Gasteiger partial charge in [0.25, 0.3) is 0 Å². The second-order valence-electron chi connectivity index (χ2n) is 9.65. The molecular weight excluding hydrogens is 520 g/mol. The maximum absolute atomic E-state index is 16.3. The topological polar surface area (TPSA) is 106 Å². The highest BCUT2D eigenvalue weighted by Crippen LogP contribution is 2.42. The molecule has 0 radical (unpaired) electrons. The van der Waals surface area contributed by atoms with E-state index in [-0.39, 0.29) is 41.2 Å². The van der Waals surface area contributed by atoms with E-state index in [9.17, 15) is 4.39 Å². The standard InChI is InChI=1S/C25H26ClF2N7OS/c1-34-7-3-4-12(34)11-36-25-32-22-14(23(33-25)35-9-16(27)17(29)10-35)8-15(26)19(20(22)28)13-5-2-6-18-21(13)31-24(30)37-18/h2,5-6,8,12,16-17H,3-4,7,9-11,29H2,1H3,(H2,30,31)/t12-,16-,17-/m0/s1. The SMILES string of the molecule is CN1CCC[C@H]1COc1nc(N2C[C@H](N)[C@@H](F)C2)c2cc(Cl)c(-c3cccc4sc(N)nc34)c(F)c2n1. The Labute approximate surface area is 221 Å². The van der Waals surface area contributed by atoms with Crippen molar-refractivity contribution in [3.8, 4) is 17.1 Å². The lowest BCUT2D eigenvalue weighted by Gasteiger charge is -2.22. The molecule has 194 valence electrons. The molecule has 4 heterocycles. The van der Waals surface area contributed by atoms with Gasteiger partial charge in [0.2, 0.25) is 0 Å². The van der Waals surface area contributed by atoms with E-state index < -0.39 is 18.0 Å². The molecule has 2 aromatic carbocycles. The number of likely N-dealkylation sites (tertiary alicyclic amines) is 1. The van der Waals surface area contributed by atoms with Crippen molar-refractivity contribution in [1.82, 2.24) is 19.9 Å². The highest BCUT2D eigenvalue weighted by Gasteiger charge is 2.33. The summed E-state index contributed by atoms with van der Waals surface area (Å²) >= 11 is 8.00. The molecule has 0 spiro atoms. The maximum Gasteiger partial charge on any atom is 0.319 e. The fourth-order valence-electron chi connectivity index (χ4n) is 5.20. The number of nitrogen functional groups attached to an aromatic ring is 1. The maximum atomic E-state index is 16.3.